The fraction of sp³-hybridized carbons (Fsp3) is 0.600. The topological polar surface area (TPSA) is 35.5 Å². The van der Waals surface area contributed by atoms with Crippen LogP contribution < -0.4 is 0 Å². The van der Waals surface area contributed by atoms with Crippen LogP contribution in [0.5, 0.6) is 0 Å². The van der Waals surface area contributed by atoms with Crippen molar-refractivity contribution in [2.75, 3.05) is 13.3 Å². The minimum atomic E-state index is -3.08. The molecule has 0 aliphatic carbocycles. The number of rotatable bonds is 5. The molecule has 0 aromatic rings. The summed E-state index contributed by atoms with van der Waals surface area (Å²) >= 11 is 0. The zero-order valence-corrected chi connectivity index (χ0v) is 10.0. The molecule has 3 nitrogen and oxygen atoms in total. The molecule has 1 atom stereocenters. The molecule has 0 saturated carbocycles. The van der Waals surface area contributed by atoms with Crippen LogP contribution in [0.25, 0.3) is 0 Å². The number of hydrogen-bond acceptors (Lipinski definition) is 3. The lowest BCUT2D eigenvalue weighted by atomic mass is 10.2. The Morgan fingerprint density at radius 3 is 2.50 bits per heavy atom. The molecule has 0 rings (SSSR count). The molecule has 0 saturated heterocycles. The third-order valence-electron chi connectivity index (χ3n) is 1.56. The van der Waals surface area contributed by atoms with Gasteiger partial charge in [0.05, 0.1) is 6.16 Å². The predicted molar refractivity (Wildman–Crippen MR) is 58.3 cm³/mol. The standard InChI is InChI=1S/C10H17O3P/c1-6-8-9-14(11,12-5)13-10(3,4)7-2/h2,6,8H,9H2,1,3-5H3/b8-6+. The lowest BCUT2D eigenvalue weighted by molar-refractivity contribution is 0.138. The second kappa shape index (κ2) is 5.36. The van der Waals surface area contributed by atoms with Crippen LogP contribution in [0.2, 0.25) is 0 Å². The normalized spacial score (nSPS) is 16.5. The second-order valence-electron chi connectivity index (χ2n) is 3.29. The second-order valence-corrected chi connectivity index (χ2v) is 5.43. The average Bonchev–Trinajstić information content (AvgIpc) is 2.14. The van der Waals surface area contributed by atoms with Crippen LogP contribution in [0.3, 0.4) is 0 Å². The SMILES string of the molecule is C#CC(C)(C)OP(=O)(C/C=C/C)OC. The summed E-state index contributed by atoms with van der Waals surface area (Å²) in [6.45, 7) is 5.19. The third kappa shape index (κ3) is 4.62. The first kappa shape index (κ1) is 13.4. The Hall–Kier alpha value is -0.550. The van der Waals surface area contributed by atoms with Gasteiger partial charge in [0.25, 0.3) is 0 Å². The first-order chi connectivity index (χ1) is 6.39. The highest BCUT2D eigenvalue weighted by Gasteiger charge is 2.29. The van der Waals surface area contributed by atoms with Crippen molar-refractivity contribution in [1.29, 1.82) is 0 Å². The van der Waals surface area contributed by atoms with Gasteiger partial charge in [-0.2, -0.15) is 0 Å². The Bertz CT molecular complexity index is 286. The zero-order chi connectivity index (χ0) is 11.2. The lowest BCUT2D eigenvalue weighted by Crippen LogP contribution is -2.21. The third-order valence-corrected chi connectivity index (χ3v) is 3.51. The molecule has 0 amide bonds. The van der Waals surface area contributed by atoms with Crippen LogP contribution >= 0.6 is 7.60 Å². The van der Waals surface area contributed by atoms with E-state index in [4.69, 9.17) is 15.5 Å². The van der Waals surface area contributed by atoms with E-state index in [-0.39, 0.29) is 6.16 Å². The quantitative estimate of drug-likeness (QED) is 0.402. The smallest absolute Gasteiger partial charge is 0.312 e. The molecule has 4 heteroatoms. The summed E-state index contributed by atoms with van der Waals surface area (Å²) in [6.07, 6.45) is 8.99. The molecule has 14 heavy (non-hydrogen) atoms. The van der Waals surface area contributed by atoms with Crippen LogP contribution in [0, 0.1) is 12.3 Å². The van der Waals surface area contributed by atoms with Gasteiger partial charge in [-0.05, 0) is 20.8 Å². The summed E-state index contributed by atoms with van der Waals surface area (Å²) in [6, 6.07) is 0. The van der Waals surface area contributed by atoms with Crippen LogP contribution in [0.4, 0.5) is 0 Å². The fourth-order valence-corrected chi connectivity index (χ4v) is 2.27. The van der Waals surface area contributed by atoms with Crippen molar-refractivity contribution >= 4 is 7.60 Å². The molecule has 0 aromatic carbocycles. The summed E-state index contributed by atoms with van der Waals surface area (Å²) in [5.41, 5.74) is -0.868. The molecule has 0 radical (unpaired) electrons. The van der Waals surface area contributed by atoms with Gasteiger partial charge >= 0.3 is 7.60 Å². The molecule has 80 valence electrons. The van der Waals surface area contributed by atoms with E-state index in [9.17, 15) is 4.57 Å². The van der Waals surface area contributed by atoms with E-state index < -0.39 is 13.2 Å². The van der Waals surface area contributed by atoms with Crippen LogP contribution in [0.1, 0.15) is 20.8 Å². The van der Waals surface area contributed by atoms with Gasteiger partial charge in [-0.1, -0.05) is 18.1 Å². The lowest BCUT2D eigenvalue weighted by Gasteiger charge is -2.24. The molecule has 0 fully saturated rings. The number of hydrogen-bond donors (Lipinski definition) is 0. The largest absolute Gasteiger partial charge is 0.335 e. The maximum atomic E-state index is 11.9. The summed E-state index contributed by atoms with van der Waals surface area (Å²) in [5, 5.41) is 0. The van der Waals surface area contributed by atoms with Gasteiger partial charge in [-0.3, -0.25) is 9.09 Å². The Morgan fingerprint density at radius 1 is 1.57 bits per heavy atom. The summed E-state index contributed by atoms with van der Waals surface area (Å²) < 4.78 is 22.1. The van der Waals surface area contributed by atoms with Gasteiger partial charge in [-0.25, -0.2) is 0 Å². The maximum absolute atomic E-state index is 11.9. The van der Waals surface area contributed by atoms with Gasteiger partial charge in [0.2, 0.25) is 0 Å². The van der Waals surface area contributed by atoms with Crippen molar-refractivity contribution in [2.45, 2.75) is 26.4 Å². The summed E-state index contributed by atoms with van der Waals surface area (Å²) in [5.74, 6) is 2.41. The molecule has 0 bridgehead atoms. The first-order valence-electron chi connectivity index (χ1n) is 4.33. The Morgan fingerprint density at radius 2 is 2.14 bits per heavy atom. The van der Waals surface area contributed by atoms with Gasteiger partial charge < -0.3 is 4.52 Å². The molecule has 0 aliphatic rings. The highest BCUT2D eigenvalue weighted by Crippen LogP contribution is 2.50. The van der Waals surface area contributed by atoms with Gasteiger partial charge in [0.1, 0.15) is 5.60 Å². The molecule has 0 aliphatic heterocycles. The van der Waals surface area contributed by atoms with E-state index in [1.807, 2.05) is 6.92 Å². The molecule has 0 heterocycles. The minimum Gasteiger partial charge on any atom is -0.312 e. The Balaban J connectivity index is 4.58. The molecule has 0 aromatic heterocycles. The van der Waals surface area contributed by atoms with E-state index in [2.05, 4.69) is 5.92 Å². The van der Waals surface area contributed by atoms with E-state index in [0.717, 1.165) is 0 Å². The van der Waals surface area contributed by atoms with Crippen molar-refractivity contribution in [3.8, 4) is 12.3 Å². The van der Waals surface area contributed by atoms with E-state index in [0.29, 0.717) is 0 Å². The summed E-state index contributed by atoms with van der Waals surface area (Å²) in [7, 11) is -1.73. The highest BCUT2D eigenvalue weighted by molar-refractivity contribution is 7.54. The van der Waals surface area contributed by atoms with Crippen molar-refractivity contribution in [2.24, 2.45) is 0 Å². The monoisotopic (exact) mass is 216 g/mol. The van der Waals surface area contributed by atoms with Gasteiger partial charge in [0.15, 0.2) is 0 Å². The summed E-state index contributed by atoms with van der Waals surface area (Å²) in [4.78, 5) is 0. The average molecular weight is 216 g/mol. The Kier molecular flexibility index (Phi) is 5.15. The maximum Gasteiger partial charge on any atom is 0.335 e. The van der Waals surface area contributed by atoms with Crippen molar-refractivity contribution in [1.82, 2.24) is 0 Å². The number of terminal acetylenes is 1. The van der Waals surface area contributed by atoms with E-state index in [1.165, 1.54) is 7.11 Å². The van der Waals surface area contributed by atoms with Gasteiger partial charge in [-0.15, -0.1) is 6.42 Å². The fourth-order valence-electron chi connectivity index (χ4n) is 0.758. The van der Waals surface area contributed by atoms with Crippen LogP contribution in [0.15, 0.2) is 12.2 Å². The first-order valence-corrected chi connectivity index (χ1v) is 6.06. The Labute approximate surface area is 86.0 Å². The van der Waals surface area contributed by atoms with E-state index in [1.54, 1.807) is 26.0 Å². The zero-order valence-electron chi connectivity index (χ0n) is 9.11. The molecule has 0 N–H and O–H groups in total. The van der Waals surface area contributed by atoms with Crippen molar-refractivity contribution in [3.05, 3.63) is 12.2 Å². The molecular formula is C10H17O3P. The molecule has 1 unspecified atom stereocenters. The van der Waals surface area contributed by atoms with Crippen LogP contribution in [-0.4, -0.2) is 18.9 Å². The van der Waals surface area contributed by atoms with Crippen molar-refractivity contribution in [3.63, 3.8) is 0 Å². The molecule has 0 spiro atoms. The molecular weight excluding hydrogens is 199 g/mol. The predicted octanol–water partition coefficient (Wildman–Crippen LogP) is 2.83. The highest BCUT2D eigenvalue weighted by atomic mass is 31.2. The van der Waals surface area contributed by atoms with Crippen molar-refractivity contribution < 1.29 is 13.6 Å². The van der Waals surface area contributed by atoms with Crippen LogP contribution in [-0.2, 0) is 13.6 Å². The minimum absolute atomic E-state index is 0.241. The van der Waals surface area contributed by atoms with Gasteiger partial charge in [0, 0.05) is 7.11 Å². The van der Waals surface area contributed by atoms with E-state index >= 15 is 0 Å². The number of allylic oxidation sites excluding steroid dienone is 2.